The van der Waals surface area contributed by atoms with Crippen LogP contribution in [0, 0.1) is 17.8 Å². The lowest BCUT2D eigenvalue weighted by atomic mass is 10.0. The molecule has 0 aliphatic heterocycles. The summed E-state index contributed by atoms with van der Waals surface area (Å²) in [6.45, 7) is 2.63. The Morgan fingerprint density at radius 2 is 1.93 bits per heavy atom. The van der Waals surface area contributed by atoms with Crippen molar-refractivity contribution in [2.24, 2.45) is 23.5 Å². The molecule has 0 aromatic carbocycles. The molecule has 3 heteroatoms. The fraction of sp³-hybridized carbons (Fsp3) is 0.909. The van der Waals surface area contributed by atoms with E-state index in [1.54, 1.807) is 0 Å². The van der Waals surface area contributed by atoms with Crippen LogP contribution in [0.4, 0.5) is 0 Å². The van der Waals surface area contributed by atoms with E-state index in [9.17, 15) is 4.79 Å². The summed E-state index contributed by atoms with van der Waals surface area (Å²) in [4.78, 5) is 11.8. The Labute approximate surface area is 85.4 Å². The van der Waals surface area contributed by atoms with E-state index in [-0.39, 0.29) is 17.9 Å². The molecule has 0 bridgehead atoms. The first-order chi connectivity index (χ1) is 6.72. The fourth-order valence-electron chi connectivity index (χ4n) is 1.99. The normalized spacial score (nSPS) is 25.6. The van der Waals surface area contributed by atoms with Gasteiger partial charge in [-0.3, -0.25) is 4.79 Å². The third-order valence-corrected chi connectivity index (χ3v) is 3.52. The van der Waals surface area contributed by atoms with Gasteiger partial charge in [0.15, 0.2) is 0 Å². The van der Waals surface area contributed by atoms with Crippen LogP contribution in [-0.2, 0) is 4.79 Å². The highest BCUT2D eigenvalue weighted by Gasteiger charge is 2.36. The molecule has 1 amide bonds. The second kappa shape index (κ2) is 3.89. The van der Waals surface area contributed by atoms with Crippen LogP contribution in [0.3, 0.4) is 0 Å². The van der Waals surface area contributed by atoms with Crippen molar-refractivity contribution in [3.8, 4) is 0 Å². The molecule has 0 radical (unpaired) electrons. The lowest BCUT2D eigenvalue weighted by Crippen LogP contribution is -2.44. The maximum absolute atomic E-state index is 11.8. The molecule has 14 heavy (non-hydrogen) atoms. The average Bonchev–Trinajstić information content (AvgIpc) is 3.05. The van der Waals surface area contributed by atoms with Gasteiger partial charge in [-0.1, -0.05) is 6.92 Å². The van der Waals surface area contributed by atoms with E-state index in [1.807, 2.05) is 6.92 Å². The Morgan fingerprint density at radius 3 is 2.36 bits per heavy atom. The summed E-state index contributed by atoms with van der Waals surface area (Å²) in [5.74, 6) is 1.72. The van der Waals surface area contributed by atoms with Gasteiger partial charge in [0.1, 0.15) is 0 Å². The van der Waals surface area contributed by atoms with Gasteiger partial charge in [-0.15, -0.1) is 0 Å². The fourth-order valence-corrected chi connectivity index (χ4v) is 1.99. The van der Waals surface area contributed by atoms with Crippen molar-refractivity contribution < 1.29 is 4.79 Å². The van der Waals surface area contributed by atoms with E-state index >= 15 is 0 Å². The van der Waals surface area contributed by atoms with Crippen LogP contribution >= 0.6 is 0 Å². The molecule has 2 saturated carbocycles. The SMILES string of the molecule is CC(C(=O)NC(CN)C1CC1)C1CC1. The van der Waals surface area contributed by atoms with Gasteiger partial charge in [0.2, 0.25) is 5.91 Å². The molecular formula is C11H20N2O. The number of hydrogen-bond acceptors (Lipinski definition) is 2. The predicted octanol–water partition coefficient (Wildman–Crippen LogP) is 0.886. The van der Waals surface area contributed by atoms with Crippen molar-refractivity contribution in [1.82, 2.24) is 5.32 Å². The van der Waals surface area contributed by atoms with Crippen LogP contribution < -0.4 is 11.1 Å². The first-order valence-electron chi connectivity index (χ1n) is 5.72. The van der Waals surface area contributed by atoms with Crippen LogP contribution in [0.25, 0.3) is 0 Å². The second-order valence-electron chi connectivity index (χ2n) is 4.81. The largest absolute Gasteiger partial charge is 0.352 e. The molecule has 2 unspecified atom stereocenters. The van der Waals surface area contributed by atoms with Gasteiger partial charge < -0.3 is 11.1 Å². The Morgan fingerprint density at radius 1 is 1.36 bits per heavy atom. The third-order valence-electron chi connectivity index (χ3n) is 3.52. The molecule has 2 fully saturated rings. The van der Waals surface area contributed by atoms with Crippen molar-refractivity contribution in [3.63, 3.8) is 0 Å². The van der Waals surface area contributed by atoms with Crippen molar-refractivity contribution in [2.45, 2.75) is 38.6 Å². The van der Waals surface area contributed by atoms with Gasteiger partial charge in [0, 0.05) is 18.5 Å². The van der Waals surface area contributed by atoms with E-state index in [0.717, 1.165) is 0 Å². The molecule has 80 valence electrons. The van der Waals surface area contributed by atoms with Crippen molar-refractivity contribution in [1.29, 1.82) is 0 Å². The standard InChI is InChI=1S/C11H20N2O/c1-7(8-2-3-8)11(14)13-10(6-12)9-4-5-9/h7-10H,2-6,12H2,1H3,(H,13,14). The smallest absolute Gasteiger partial charge is 0.223 e. The zero-order valence-electron chi connectivity index (χ0n) is 8.83. The third kappa shape index (κ3) is 2.27. The molecule has 2 aliphatic carbocycles. The number of nitrogens with one attached hydrogen (secondary N) is 1. The molecule has 3 nitrogen and oxygen atoms in total. The molecule has 2 rings (SSSR count). The first kappa shape index (κ1) is 9.97. The van der Waals surface area contributed by atoms with Gasteiger partial charge in [0.05, 0.1) is 0 Å². The van der Waals surface area contributed by atoms with Crippen molar-refractivity contribution >= 4 is 5.91 Å². The predicted molar refractivity (Wildman–Crippen MR) is 55.6 cm³/mol. The lowest BCUT2D eigenvalue weighted by molar-refractivity contribution is -0.125. The Bertz CT molecular complexity index is 221. The number of carbonyl (C=O) groups excluding carboxylic acids is 1. The van der Waals surface area contributed by atoms with Crippen LogP contribution in [0.2, 0.25) is 0 Å². The van der Waals surface area contributed by atoms with Crippen LogP contribution in [-0.4, -0.2) is 18.5 Å². The Balaban J connectivity index is 1.78. The van der Waals surface area contributed by atoms with Gasteiger partial charge in [-0.2, -0.15) is 0 Å². The van der Waals surface area contributed by atoms with Gasteiger partial charge in [-0.25, -0.2) is 0 Å². The molecule has 0 aromatic heterocycles. The molecule has 0 saturated heterocycles. The van der Waals surface area contributed by atoms with Gasteiger partial charge >= 0.3 is 0 Å². The van der Waals surface area contributed by atoms with E-state index in [0.29, 0.717) is 18.4 Å². The highest BCUT2D eigenvalue weighted by atomic mass is 16.1. The van der Waals surface area contributed by atoms with E-state index < -0.39 is 0 Å². The Hall–Kier alpha value is -0.570. The van der Waals surface area contributed by atoms with Gasteiger partial charge in [-0.05, 0) is 37.5 Å². The quantitative estimate of drug-likeness (QED) is 0.686. The summed E-state index contributed by atoms with van der Waals surface area (Å²) in [6.07, 6.45) is 4.93. The molecule has 0 spiro atoms. The summed E-state index contributed by atoms with van der Waals surface area (Å²) in [7, 11) is 0. The zero-order chi connectivity index (χ0) is 10.1. The minimum atomic E-state index is 0.197. The molecule has 3 N–H and O–H groups in total. The van der Waals surface area contributed by atoms with E-state index in [1.165, 1.54) is 25.7 Å². The summed E-state index contributed by atoms with van der Waals surface area (Å²) in [5, 5.41) is 3.09. The number of amides is 1. The average molecular weight is 196 g/mol. The van der Waals surface area contributed by atoms with E-state index in [2.05, 4.69) is 5.32 Å². The topological polar surface area (TPSA) is 55.1 Å². The highest BCUT2D eigenvalue weighted by molar-refractivity contribution is 5.79. The zero-order valence-corrected chi connectivity index (χ0v) is 8.83. The van der Waals surface area contributed by atoms with Crippen LogP contribution in [0.5, 0.6) is 0 Å². The molecule has 2 atom stereocenters. The summed E-state index contributed by atoms with van der Waals surface area (Å²) < 4.78 is 0. The molecule has 0 aromatic rings. The number of rotatable bonds is 5. The Kier molecular flexibility index (Phi) is 2.77. The molecular weight excluding hydrogens is 176 g/mol. The van der Waals surface area contributed by atoms with Crippen LogP contribution in [0.1, 0.15) is 32.6 Å². The first-order valence-corrected chi connectivity index (χ1v) is 5.72. The number of hydrogen-bond donors (Lipinski definition) is 2. The van der Waals surface area contributed by atoms with Gasteiger partial charge in [0.25, 0.3) is 0 Å². The molecule has 2 aliphatic rings. The van der Waals surface area contributed by atoms with E-state index in [4.69, 9.17) is 5.73 Å². The summed E-state index contributed by atoms with van der Waals surface area (Å²) >= 11 is 0. The summed E-state index contributed by atoms with van der Waals surface area (Å²) in [6, 6.07) is 0.240. The minimum Gasteiger partial charge on any atom is -0.352 e. The maximum atomic E-state index is 11.8. The number of carbonyl (C=O) groups is 1. The van der Waals surface area contributed by atoms with Crippen LogP contribution in [0.15, 0.2) is 0 Å². The molecule has 0 heterocycles. The summed E-state index contributed by atoms with van der Waals surface area (Å²) in [5.41, 5.74) is 5.64. The van der Waals surface area contributed by atoms with Crippen molar-refractivity contribution in [2.75, 3.05) is 6.54 Å². The lowest BCUT2D eigenvalue weighted by Gasteiger charge is -2.19. The maximum Gasteiger partial charge on any atom is 0.223 e. The highest BCUT2D eigenvalue weighted by Crippen LogP contribution is 2.37. The monoisotopic (exact) mass is 196 g/mol. The van der Waals surface area contributed by atoms with Crippen molar-refractivity contribution in [3.05, 3.63) is 0 Å². The number of nitrogens with two attached hydrogens (primary N) is 1. The minimum absolute atomic E-state index is 0.197. The second-order valence-corrected chi connectivity index (χ2v) is 4.81.